The molecular formula is C19H21N3O5S. The van der Waals surface area contributed by atoms with E-state index in [0.29, 0.717) is 41.4 Å². The highest BCUT2D eigenvalue weighted by Gasteiger charge is 2.30. The van der Waals surface area contributed by atoms with Crippen LogP contribution in [0.25, 0.3) is 0 Å². The molecule has 148 valence electrons. The van der Waals surface area contributed by atoms with Crippen LogP contribution in [0.3, 0.4) is 0 Å². The lowest BCUT2D eigenvalue weighted by Gasteiger charge is -2.25. The number of fused-ring (bicyclic) bond motifs is 1. The van der Waals surface area contributed by atoms with E-state index in [1.807, 2.05) is 0 Å². The molecule has 0 bridgehead atoms. The van der Waals surface area contributed by atoms with Crippen molar-refractivity contribution in [1.29, 1.82) is 0 Å². The van der Waals surface area contributed by atoms with Crippen LogP contribution in [0.1, 0.15) is 31.2 Å². The third kappa shape index (κ3) is 3.79. The van der Waals surface area contributed by atoms with Crippen LogP contribution in [0.15, 0.2) is 24.3 Å². The van der Waals surface area contributed by atoms with Crippen LogP contribution in [0, 0.1) is 0 Å². The van der Waals surface area contributed by atoms with Crippen molar-refractivity contribution in [3.8, 4) is 5.75 Å². The molecule has 2 N–H and O–H groups in total. The van der Waals surface area contributed by atoms with Gasteiger partial charge in [0.15, 0.2) is 0 Å². The van der Waals surface area contributed by atoms with Gasteiger partial charge >= 0.3 is 6.09 Å². The molecule has 3 amide bonds. The Kier molecular flexibility index (Phi) is 5.84. The van der Waals surface area contributed by atoms with Gasteiger partial charge in [0.05, 0.1) is 26.3 Å². The molecule has 0 spiro atoms. The fraction of sp³-hybridized carbons (Fsp3) is 0.316. The average Bonchev–Trinajstić information content (AvgIpc) is 3.09. The highest BCUT2D eigenvalue weighted by atomic mass is 32.1. The smallest absolute Gasteiger partial charge is 0.409 e. The lowest BCUT2D eigenvalue weighted by Crippen LogP contribution is -2.35. The molecule has 0 unspecified atom stereocenters. The van der Waals surface area contributed by atoms with Crippen LogP contribution in [-0.2, 0) is 17.7 Å². The van der Waals surface area contributed by atoms with Crippen molar-refractivity contribution in [2.45, 2.75) is 13.0 Å². The van der Waals surface area contributed by atoms with Gasteiger partial charge in [-0.05, 0) is 30.2 Å². The summed E-state index contributed by atoms with van der Waals surface area (Å²) in [4.78, 5) is 39.4. The quantitative estimate of drug-likeness (QED) is 0.818. The van der Waals surface area contributed by atoms with Crippen molar-refractivity contribution >= 4 is 34.2 Å². The Morgan fingerprint density at radius 1 is 1.18 bits per heavy atom. The van der Waals surface area contributed by atoms with Gasteiger partial charge < -0.3 is 25.0 Å². The van der Waals surface area contributed by atoms with E-state index < -0.39 is 6.09 Å². The molecular weight excluding hydrogens is 382 g/mol. The summed E-state index contributed by atoms with van der Waals surface area (Å²) in [5, 5.41) is 5.92. The first-order chi connectivity index (χ1) is 13.5. The predicted octanol–water partition coefficient (Wildman–Crippen LogP) is 2.49. The van der Waals surface area contributed by atoms with Gasteiger partial charge in [-0.15, -0.1) is 11.3 Å². The molecule has 0 fully saturated rings. The molecule has 9 heteroatoms. The van der Waals surface area contributed by atoms with Crippen molar-refractivity contribution in [1.82, 2.24) is 10.2 Å². The molecule has 1 aromatic heterocycles. The minimum atomic E-state index is -0.414. The summed E-state index contributed by atoms with van der Waals surface area (Å²) in [6.45, 7) is 0.787. The zero-order chi connectivity index (χ0) is 20.3. The van der Waals surface area contributed by atoms with Crippen molar-refractivity contribution < 1.29 is 23.9 Å². The van der Waals surface area contributed by atoms with Crippen LogP contribution in [-0.4, -0.2) is 50.6 Å². The van der Waals surface area contributed by atoms with Gasteiger partial charge in [-0.1, -0.05) is 6.07 Å². The fourth-order valence-electron chi connectivity index (χ4n) is 3.08. The minimum absolute atomic E-state index is 0.273. The third-order valence-corrected chi connectivity index (χ3v) is 5.64. The van der Waals surface area contributed by atoms with Gasteiger partial charge in [0.1, 0.15) is 10.8 Å². The Morgan fingerprint density at radius 2 is 1.96 bits per heavy atom. The molecule has 0 aliphatic carbocycles. The van der Waals surface area contributed by atoms with Gasteiger partial charge in [-0.3, -0.25) is 9.59 Å². The van der Waals surface area contributed by atoms with Crippen LogP contribution in [0.4, 0.5) is 9.80 Å². The molecule has 1 aromatic carbocycles. The molecule has 28 heavy (non-hydrogen) atoms. The number of hydrogen-bond acceptors (Lipinski definition) is 6. The van der Waals surface area contributed by atoms with E-state index in [2.05, 4.69) is 10.6 Å². The van der Waals surface area contributed by atoms with E-state index in [4.69, 9.17) is 9.47 Å². The van der Waals surface area contributed by atoms with Gasteiger partial charge in [-0.2, -0.15) is 0 Å². The lowest BCUT2D eigenvalue weighted by atomic mass is 10.0. The number of nitrogens with one attached hydrogen (secondary N) is 2. The van der Waals surface area contributed by atoms with E-state index in [-0.39, 0.29) is 11.8 Å². The van der Waals surface area contributed by atoms with E-state index >= 15 is 0 Å². The summed E-state index contributed by atoms with van der Waals surface area (Å²) in [7, 11) is 4.41. The van der Waals surface area contributed by atoms with Crippen LogP contribution < -0.4 is 15.4 Å². The molecule has 1 aliphatic heterocycles. The molecule has 3 rings (SSSR count). The second-order valence-electron chi connectivity index (χ2n) is 6.11. The number of rotatable bonds is 4. The zero-order valence-electron chi connectivity index (χ0n) is 15.8. The summed E-state index contributed by atoms with van der Waals surface area (Å²) >= 11 is 1.30. The number of carbonyl (C=O) groups is 3. The Morgan fingerprint density at radius 3 is 2.64 bits per heavy atom. The predicted molar refractivity (Wildman–Crippen MR) is 105 cm³/mol. The molecule has 1 aliphatic rings. The number of amides is 3. The summed E-state index contributed by atoms with van der Waals surface area (Å²) in [6, 6.07) is 6.77. The second kappa shape index (κ2) is 8.30. The maximum atomic E-state index is 12.7. The van der Waals surface area contributed by atoms with Crippen molar-refractivity contribution in [2.75, 3.05) is 33.1 Å². The van der Waals surface area contributed by atoms with E-state index in [0.717, 1.165) is 10.4 Å². The van der Waals surface area contributed by atoms with Gasteiger partial charge in [0, 0.05) is 24.0 Å². The van der Waals surface area contributed by atoms with Crippen LogP contribution >= 0.6 is 11.3 Å². The van der Waals surface area contributed by atoms with Crippen LogP contribution in [0.5, 0.6) is 5.75 Å². The van der Waals surface area contributed by atoms with Gasteiger partial charge in [0.25, 0.3) is 11.8 Å². The lowest BCUT2D eigenvalue weighted by molar-refractivity contribution is 0.0962. The topological polar surface area (TPSA) is 97.0 Å². The monoisotopic (exact) mass is 403 g/mol. The Hall–Kier alpha value is -3.07. The number of nitrogens with zero attached hydrogens (tertiary/aromatic N) is 1. The van der Waals surface area contributed by atoms with E-state index in [1.54, 1.807) is 36.2 Å². The van der Waals surface area contributed by atoms with Crippen molar-refractivity contribution in [2.24, 2.45) is 0 Å². The van der Waals surface area contributed by atoms with E-state index in [9.17, 15) is 14.4 Å². The first kappa shape index (κ1) is 19.7. The van der Waals surface area contributed by atoms with Gasteiger partial charge in [0.2, 0.25) is 0 Å². The number of thiophene rings is 1. The number of hydrogen-bond donors (Lipinski definition) is 2. The molecule has 0 atom stereocenters. The highest BCUT2D eigenvalue weighted by molar-refractivity contribution is 7.17. The largest absolute Gasteiger partial charge is 0.497 e. The maximum Gasteiger partial charge on any atom is 0.409 e. The molecule has 0 radical (unpaired) electrons. The summed E-state index contributed by atoms with van der Waals surface area (Å²) in [5.41, 5.74) is 1.72. The summed E-state index contributed by atoms with van der Waals surface area (Å²) < 4.78 is 9.94. The normalized spacial score (nSPS) is 12.8. The molecule has 0 saturated carbocycles. The maximum absolute atomic E-state index is 12.7. The molecule has 0 saturated heterocycles. The molecule has 8 nitrogen and oxygen atoms in total. The number of methoxy groups -OCH3 is 2. The summed E-state index contributed by atoms with van der Waals surface area (Å²) in [5.74, 6) is -0.0456. The zero-order valence-corrected chi connectivity index (χ0v) is 16.6. The van der Waals surface area contributed by atoms with E-state index in [1.165, 1.54) is 25.6 Å². The number of benzene rings is 1. The molecule has 2 aromatic rings. The number of ether oxygens (including phenoxy) is 2. The minimum Gasteiger partial charge on any atom is -0.497 e. The summed E-state index contributed by atoms with van der Waals surface area (Å²) in [6.07, 6.45) is 0.0983. The van der Waals surface area contributed by atoms with Crippen molar-refractivity contribution in [3.05, 3.63) is 45.8 Å². The SMILES string of the molecule is CNC(=O)c1c(NC(=O)c2cccc(OC)c2)sc2c1CCN(C(=O)OC)C2. The van der Waals surface area contributed by atoms with Crippen LogP contribution in [0.2, 0.25) is 0 Å². The van der Waals surface area contributed by atoms with Gasteiger partial charge in [-0.25, -0.2) is 4.79 Å². The Bertz CT molecular complexity index is 924. The second-order valence-corrected chi connectivity index (χ2v) is 7.22. The first-order valence-electron chi connectivity index (χ1n) is 8.63. The number of anilines is 1. The molecule has 2 heterocycles. The highest BCUT2D eigenvalue weighted by Crippen LogP contribution is 2.37. The number of carbonyl (C=O) groups excluding carboxylic acids is 3. The fourth-order valence-corrected chi connectivity index (χ4v) is 4.34. The third-order valence-electron chi connectivity index (χ3n) is 4.50. The Labute approximate surface area is 166 Å². The Balaban J connectivity index is 1.92. The van der Waals surface area contributed by atoms with Crippen molar-refractivity contribution in [3.63, 3.8) is 0 Å². The standard InChI is InChI=1S/C19H21N3O5S/c1-20-17(24)15-13-7-8-22(19(25)27-3)10-14(13)28-18(15)21-16(23)11-5-4-6-12(9-11)26-2/h4-6,9H,7-8,10H2,1-3H3,(H,20,24)(H,21,23). The first-order valence-corrected chi connectivity index (χ1v) is 9.45. The average molecular weight is 403 g/mol.